The Labute approximate surface area is 151 Å². The number of nitrogens with zero attached hydrogens (tertiary/aromatic N) is 4. The summed E-state index contributed by atoms with van der Waals surface area (Å²) in [7, 11) is 1.92. The summed E-state index contributed by atoms with van der Waals surface area (Å²) in [6.07, 6.45) is 3.00. The number of nitrogens with one attached hydrogen (secondary N) is 1. The lowest BCUT2D eigenvalue weighted by Crippen LogP contribution is -2.19. The molecule has 1 heterocycles. The summed E-state index contributed by atoms with van der Waals surface area (Å²) < 4.78 is 0. The standard InChI is InChI=1S/C20H17N5O/c1-25(14-15-7-3-2-4-8-15)19-13-22-18(12-23-19)20(26)24-17-10-6-5-9-16(17)11-21/h2-10,12-13H,14H2,1H3,(H,24,26). The lowest BCUT2D eigenvalue weighted by atomic mass is 10.2. The molecule has 0 unspecified atom stereocenters. The molecule has 6 nitrogen and oxygen atoms in total. The molecule has 0 atom stereocenters. The SMILES string of the molecule is CN(Cc1ccccc1)c1cnc(C(=O)Nc2ccccc2C#N)cn1. The van der Waals surface area contributed by atoms with E-state index >= 15 is 0 Å². The Bertz CT molecular complexity index is 932. The highest BCUT2D eigenvalue weighted by Gasteiger charge is 2.12. The van der Waals surface area contributed by atoms with Gasteiger partial charge in [0.2, 0.25) is 0 Å². The smallest absolute Gasteiger partial charge is 0.275 e. The van der Waals surface area contributed by atoms with Gasteiger partial charge < -0.3 is 10.2 Å². The molecule has 3 rings (SSSR count). The van der Waals surface area contributed by atoms with Crippen molar-refractivity contribution in [1.29, 1.82) is 5.26 Å². The van der Waals surface area contributed by atoms with Crippen molar-refractivity contribution >= 4 is 17.4 Å². The zero-order chi connectivity index (χ0) is 18.4. The predicted molar refractivity (Wildman–Crippen MR) is 99.7 cm³/mol. The Hall–Kier alpha value is -3.72. The molecule has 0 fully saturated rings. The zero-order valence-electron chi connectivity index (χ0n) is 14.3. The van der Waals surface area contributed by atoms with Crippen molar-refractivity contribution in [2.24, 2.45) is 0 Å². The Kier molecular flexibility index (Phi) is 5.20. The third kappa shape index (κ3) is 4.02. The average molecular weight is 343 g/mol. The summed E-state index contributed by atoms with van der Waals surface area (Å²) in [5.74, 6) is 0.264. The van der Waals surface area contributed by atoms with Gasteiger partial charge in [0, 0.05) is 13.6 Å². The largest absolute Gasteiger partial charge is 0.354 e. The molecule has 2 aromatic carbocycles. The van der Waals surface area contributed by atoms with Crippen molar-refractivity contribution in [1.82, 2.24) is 9.97 Å². The molecule has 0 aliphatic carbocycles. The Morgan fingerprint density at radius 2 is 1.81 bits per heavy atom. The van der Waals surface area contributed by atoms with Crippen LogP contribution in [-0.2, 0) is 6.54 Å². The first-order valence-electron chi connectivity index (χ1n) is 8.05. The summed E-state index contributed by atoms with van der Waals surface area (Å²) in [5, 5.41) is 11.8. The van der Waals surface area contributed by atoms with E-state index in [1.54, 1.807) is 30.5 Å². The first kappa shape index (κ1) is 17.1. The molecule has 6 heteroatoms. The lowest BCUT2D eigenvalue weighted by Gasteiger charge is -2.17. The third-order valence-corrected chi connectivity index (χ3v) is 3.82. The number of carbonyl (C=O) groups excluding carboxylic acids is 1. The van der Waals surface area contributed by atoms with Crippen LogP contribution in [0, 0.1) is 11.3 Å². The number of aromatic nitrogens is 2. The molecule has 0 saturated heterocycles. The van der Waals surface area contributed by atoms with Crippen LogP contribution in [-0.4, -0.2) is 22.9 Å². The second-order valence-corrected chi connectivity index (χ2v) is 5.71. The van der Waals surface area contributed by atoms with E-state index in [1.165, 1.54) is 6.20 Å². The summed E-state index contributed by atoms with van der Waals surface area (Å²) in [6, 6.07) is 18.9. The van der Waals surface area contributed by atoms with Crippen molar-refractivity contribution < 1.29 is 4.79 Å². The minimum Gasteiger partial charge on any atom is -0.354 e. The van der Waals surface area contributed by atoms with Gasteiger partial charge in [-0.05, 0) is 17.7 Å². The Balaban J connectivity index is 1.69. The van der Waals surface area contributed by atoms with E-state index in [9.17, 15) is 4.79 Å². The maximum atomic E-state index is 12.3. The normalized spacial score (nSPS) is 10.0. The molecule has 0 bridgehead atoms. The highest BCUT2D eigenvalue weighted by atomic mass is 16.1. The molecule has 1 amide bonds. The molecule has 26 heavy (non-hydrogen) atoms. The van der Waals surface area contributed by atoms with Gasteiger partial charge >= 0.3 is 0 Å². The van der Waals surface area contributed by atoms with Crippen molar-refractivity contribution in [3.63, 3.8) is 0 Å². The molecule has 128 valence electrons. The Morgan fingerprint density at radius 3 is 2.50 bits per heavy atom. The zero-order valence-corrected chi connectivity index (χ0v) is 14.3. The minimum atomic E-state index is -0.405. The molecule has 0 aliphatic heterocycles. The molecule has 0 aliphatic rings. The van der Waals surface area contributed by atoms with E-state index in [0.29, 0.717) is 23.6 Å². The van der Waals surface area contributed by atoms with E-state index in [4.69, 9.17) is 5.26 Å². The number of amides is 1. The summed E-state index contributed by atoms with van der Waals surface area (Å²) in [5.41, 5.74) is 2.20. The molecule has 3 aromatic rings. The number of hydrogen-bond acceptors (Lipinski definition) is 5. The number of anilines is 2. The summed E-state index contributed by atoms with van der Waals surface area (Å²) in [4.78, 5) is 22.8. The van der Waals surface area contributed by atoms with Crippen molar-refractivity contribution in [2.45, 2.75) is 6.54 Å². The quantitative estimate of drug-likeness (QED) is 0.769. The molecule has 0 radical (unpaired) electrons. The number of carbonyl (C=O) groups is 1. The first-order chi connectivity index (χ1) is 12.7. The van der Waals surface area contributed by atoms with E-state index in [1.807, 2.05) is 48.3 Å². The van der Waals surface area contributed by atoms with Crippen LogP contribution in [0.5, 0.6) is 0 Å². The molecule has 0 spiro atoms. The van der Waals surface area contributed by atoms with Gasteiger partial charge in [0.1, 0.15) is 17.6 Å². The average Bonchev–Trinajstić information content (AvgIpc) is 2.69. The number of rotatable bonds is 5. The monoisotopic (exact) mass is 343 g/mol. The topological polar surface area (TPSA) is 81.9 Å². The van der Waals surface area contributed by atoms with Gasteiger partial charge in [0.15, 0.2) is 0 Å². The molecular formula is C20H17N5O. The summed E-state index contributed by atoms with van der Waals surface area (Å²) >= 11 is 0. The van der Waals surface area contributed by atoms with Crippen LogP contribution in [0.25, 0.3) is 0 Å². The number of nitriles is 1. The predicted octanol–water partition coefficient (Wildman–Crippen LogP) is 3.24. The van der Waals surface area contributed by atoms with Crippen LogP contribution in [0.15, 0.2) is 67.0 Å². The van der Waals surface area contributed by atoms with Crippen LogP contribution in [0.4, 0.5) is 11.5 Å². The van der Waals surface area contributed by atoms with Crippen LogP contribution >= 0.6 is 0 Å². The fraction of sp³-hybridized carbons (Fsp3) is 0.100. The third-order valence-electron chi connectivity index (χ3n) is 3.82. The van der Waals surface area contributed by atoms with Crippen LogP contribution in [0.2, 0.25) is 0 Å². The maximum absolute atomic E-state index is 12.3. The first-order valence-corrected chi connectivity index (χ1v) is 8.05. The number of para-hydroxylation sites is 1. The molecule has 1 aromatic heterocycles. The van der Waals surface area contributed by atoms with Crippen molar-refractivity contribution in [2.75, 3.05) is 17.3 Å². The van der Waals surface area contributed by atoms with Crippen LogP contribution < -0.4 is 10.2 Å². The molecule has 0 saturated carbocycles. The minimum absolute atomic E-state index is 0.189. The van der Waals surface area contributed by atoms with E-state index < -0.39 is 5.91 Å². The van der Waals surface area contributed by atoms with Gasteiger partial charge in [0.05, 0.1) is 23.6 Å². The molecule has 1 N–H and O–H groups in total. The van der Waals surface area contributed by atoms with Crippen molar-refractivity contribution in [3.8, 4) is 6.07 Å². The van der Waals surface area contributed by atoms with Gasteiger partial charge in [0.25, 0.3) is 5.91 Å². The Morgan fingerprint density at radius 1 is 1.08 bits per heavy atom. The van der Waals surface area contributed by atoms with Gasteiger partial charge in [-0.2, -0.15) is 5.26 Å². The second kappa shape index (κ2) is 7.90. The van der Waals surface area contributed by atoms with E-state index in [-0.39, 0.29) is 5.69 Å². The number of benzene rings is 2. The van der Waals surface area contributed by atoms with E-state index in [2.05, 4.69) is 15.3 Å². The fourth-order valence-electron chi connectivity index (χ4n) is 2.45. The van der Waals surface area contributed by atoms with Crippen LogP contribution in [0.1, 0.15) is 21.6 Å². The van der Waals surface area contributed by atoms with E-state index in [0.717, 1.165) is 5.56 Å². The van der Waals surface area contributed by atoms with Crippen molar-refractivity contribution in [3.05, 3.63) is 83.8 Å². The van der Waals surface area contributed by atoms with Gasteiger partial charge in [-0.15, -0.1) is 0 Å². The highest BCUT2D eigenvalue weighted by molar-refractivity contribution is 6.03. The lowest BCUT2D eigenvalue weighted by molar-refractivity contribution is 0.102. The van der Waals surface area contributed by atoms with Crippen LogP contribution in [0.3, 0.4) is 0 Å². The van der Waals surface area contributed by atoms with Gasteiger partial charge in [-0.3, -0.25) is 4.79 Å². The fourth-order valence-corrected chi connectivity index (χ4v) is 2.45. The summed E-state index contributed by atoms with van der Waals surface area (Å²) in [6.45, 7) is 0.691. The highest BCUT2D eigenvalue weighted by Crippen LogP contribution is 2.15. The molecular weight excluding hydrogens is 326 g/mol. The maximum Gasteiger partial charge on any atom is 0.275 e. The number of hydrogen-bond donors (Lipinski definition) is 1. The van der Waals surface area contributed by atoms with Gasteiger partial charge in [-0.1, -0.05) is 42.5 Å². The second-order valence-electron chi connectivity index (χ2n) is 5.71. The van der Waals surface area contributed by atoms with Gasteiger partial charge in [-0.25, -0.2) is 9.97 Å².